The summed E-state index contributed by atoms with van der Waals surface area (Å²) in [6.07, 6.45) is -0.260. The van der Waals surface area contributed by atoms with Crippen molar-refractivity contribution in [3.05, 3.63) is 11.7 Å². The molecule has 1 atom stereocenters. The molecule has 0 aromatic carbocycles. The van der Waals surface area contributed by atoms with Crippen molar-refractivity contribution in [2.24, 2.45) is 0 Å². The van der Waals surface area contributed by atoms with E-state index in [1.807, 2.05) is 6.92 Å². The molecular formula is C9H14N4O3. The standard InChI is InChI=1S/C9H14N4O3/c1-2-11-8(14)7-12-9(16-13-7)6-5-10-3-4-15-6/h6,10H,2-5H2,1H3,(H,11,14). The Morgan fingerprint density at radius 3 is 3.25 bits per heavy atom. The summed E-state index contributed by atoms with van der Waals surface area (Å²) in [6.45, 7) is 4.39. The van der Waals surface area contributed by atoms with E-state index in [4.69, 9.17) is 9.26 Å². The summed E-state index contributed by atoms with van der Waals surface area (Å²) >= 11 is 0. The molecule has 0 radical (unpaired) electrons. The fourth-order valence-corrected chi connectivity index (χ4v) is 1.42. The fourth-order valence-electron chi connectivity index (χ4n) is 1.42. The van der Waals surface area contributed by atoms with Crippen molar-refractivity contribution >= 4 is 5.91 Å². The number of morpholine rings is 1. The van der Waals surface area contributed by atoms with E-state index in [0.717, 1.165) is 6.54 Å². The van der Waals surface area contributed by atoms with Gasteiger partial charge in [-0.3, -0.25) is 4.79 Å². The maximum Gasteiger partial charge on any atom is 0.292 e. The van der Waals surface area contributed by atoms with E-state index in [-0.39, 0.29) is 17.8 Å². The predicted octanol–water partition coefficient (Wildman–Crippen LogP) is -0.520. The number of rotatable bonds is 3. The SMILES string of the molecule is CCNC(=O)c1noc(C2CNCCO2)n1. The molecule has 1 fully saturated rings. The number of nitrogens with zero attached hydrogens (tertiary/aromatic N) is 2. The van der Waals surface area contributed by atoms with Crippen LogP contribution >= 0.6 is 0 Å². The molecule has 0 aliphatic carbocycles. The van der Waals surface area contributed by atoms with Gasteiger partial charge in [-0.1, -0.05) is 5.16 Å². The molecule has 1 unspecified atom stereocenters. The van der Waals surface area contributed by atoms with Crippen LogP contribution in [0.3, 0.4) is 0 Å². The van der Waals surface area contributed by atoms with Crippen LogP contribution in [0.5, 0.6) is 0 Å². The van der Waals surface area contributed by atoms with Crippen LogP contribution in [0.2, 0.25) is 0 Å². The molecule has 1 aromatic rings. The van der Waals surface area contributed by atoms with Gasteiger partial charge in [0, 0.05) is 19.6 Å². The predicted molar refractivity (Wildman–Crippen MR) is 53.9 cm³/mol. The second-order valence-electron chi connectivity index (χ2n) is 3.38. The van der Waals surface area contributed by atoms with Crippen LogP contribution in [-0.4, -0.2) is 42.3 Å². The van der Waals surface area contributed by atoms with Crippen LogP contribution in [-0.2, 0) is 4.74 Å². The molecule has 0 bridgehead atoms. The first kappa shape index (κ1) is 11.0. The van der Waals surface area contributed by atoms with Crippen molar-refractivity contribution in [2.75, 3.05) is 26.2 Å². The molecular weight excluding hydrogens is 212 g/mol. The first-order valence-corrected chi connectivity index (χ1v) is 5.25. The highest BCUT2D eigenvalue weighted by molar-refractivity contribution is 5.90. The summed E-state index contributed by atoms with van der Waals surface area (Å²) in [6, 6.07) is 0. The average molecular weight is 226 g/mol. The number of amides is 1. The van der Waals surface area contributed by atoms with E-state index in [0.29, 0.717) is 25.6 Å². The van der Waals surface area contributed by atoms with Crippen LogP contribution < -0.4 is 10.6 Å². The van der Waals surface area contributed by atoms with Gasteiger partial charge in [0.15, 0.2) is 0 Å². The highest BCUT2D eigenvalue weighted by atomic mass is 16.5. The Morgan fingerprint density at radius 1 is 1.69 bits per heavy atom. The fraction of sp³-hybridized carbons (Fsp3) is 0.667. The Kier molecular flexibility index (Phi) is 3.47. The molecule has 1 aliphatic heterocycles. The van der Waals surface area contributed by atoms with Gasteiger partial charge < -0.3 is 19.9 Å². The molecule has 2 N–H and O–H groups in total. The van der Waals surface area contributed by atoms with Gasteiger partial charge in [0.2, 0.25) is 0 Å². The largest absolute Gasteiger partial charge is 0.366 e. The second kappa shape index (κ2) is 5.04. The lowest BCUT2D eigenvalue weighted by Crippen LogP contribution is -2.33. The van der Waals surface area contributed by atoms with E-state index < -0.39 is 0 Å². The maximum absolute atomic E-state index is 11.4. The lowest BCUT2D eigenvalue weighted by molar-refractivity contribution is 0.00755. The van der Waals surface area contributed by atoms with Gasteiger partial charge in [-0.05, 0) is 6.92 Å². The van der Waals surface area contributed by atoms with Crippen molar-refractivity contribution in [2.45, 2.75) is 13.0 Å². The normalized spacial score (nSPS) is 20.7. The van der Waals surface area contributed by atoms with Crippen LogP contribution in [0.1, 0.15) is 29.5 Å². The summed E-state index contributed by atoms with van der Waals surface area (Å²) in [5.74, 6) is 0.0562. The second-order valence-corrected chi connectivity index (χ2v) is 3.38. The van der Waals surface area contributed by atoms with Gasteiger partial charge in [0.25, 0.3) is 17.6 Å². The van der Waals surface area contributed by atoms with E-state index >= 15 is 0 Å². The highest BCUT2D eigenvalue weighted by Gasteiger charge is 2.23. The molecule has 7 heteroatoms. The minimum Gasteiger partial charge on any atom is -0.366 e. The molecule has 1 saturated heterocycles. The third kappa shape index (κ3) is 2.37. The van der Waals surface area contributed by atoms with Crippen molar-refractivity contribution in [1.82, 2.24) is 20.8 Å². The zero-order chi connectivity index (χ0) is 11.4. The van der Waals surface area contributed by atoms with Crippen molar-refractivity contribution in [3.8, 4) is 0 Å². The molecule has 2 rings (SSSR count). The summed E-state index contributed by atoms with van der Waals surface area (Å²) in [4.78, 5) is 15.4. The van der Waals surface area contributed by atoms with E-state index in [1.165, 1.54) is 0 Å². The maximum atomic E-state index is 11.4. The van der Waals surface area contributed by atoms with E-state index in [2.05, 4.69) is 20.8 Å². The quantitative estimate of drug-likeness (QED) is 0.721. The van der Waals surface area contributed by atoms with Gasteiger partial charge >= 0.3 is 0 Å². The number of carbonyl (C=O) groups excluding carboxylic acids is 1. The first-order valence-electron chi connectivity index (χ1n) is 5.25. The van der Waals surface area contributed by atoms with E-state index in [1.54, 1.807) is 0 Å². The van der Waals surface area contributed by atoms with Crippen molar-refractivity contribution in [1.29, 1.82) is 0 Å². The lowest BCUT2D eigenvalue weighted by atomic mass is 10.3. The summed E-state index contributed by atoms with van der Waals surface area (Å²) in [5.41, 5.74) is 0. The summed E-state index contributed by atoms with van der Waals surface area (Å²) in [5, 5.41) is 9.35. The Labute approximate surface area is 92.5 Å². The molecule has 1 amide bonds. The lowest BCUT2D eigenvalue weighted by Gasteiger charge is -2.19. The minimum atomic E-state index is -0.332. The Hall–Kier alpha value is -1.47. The molecule has 1 aliphatic rings. The number of ether oxygens (including phenoxy) is 1. The highest BCUT2D eigenvalue weighted by Crippen LogP contribution is 2.16. The molecule has 0 saturated carbocycles. The Bertz CT molecular complexity index is 359. The zero-order valence-electron chi connectivity index (χ0n) is 9.02. The third-order valence-corrected chi connectivity index (χ3v) is 2.19. The third-order valence-electron chi connectivity index (χ3n) is 2.19. The molecule has 7 nitrogen and oxygen atoms in total. The van der Waals surface area contributed by atoms with Gasteiger partial charge in [0.1, 0.15) is 6.10 Å². The average Bonchev–Trinajstić information content (AvgIpc) is 2.80. The van der Waals surface area contributed by atoms with Crippen molar-refractivity contribution < 1.29 is 14.1 Å². The molecule has 0 spiro atoms. The van der Waals surface area contributed by atoms with E-state index in [9.17, 15) is 4.79 Å². The van der Waals surface area contributed by atoms with Gasteiger partial charge in [-0.25, -0.2) is 0 Å². The van der Waals surface area contributed by atoms with Gasteiger partial charge in [-0.2, -0.15) is 4.98 Å². The zero-order valence-corrected chi connectivity index (χ0v) is 9.02. The number of carbonyl (C=O) groups is 1. The molecule has 2 heterocycles. The minimum absolute atomic E-state index is 0.0472. The van der Waals surface area contributed by atoms with Gasteiger partial charge in [-0.15, -0.1) is 0 Å². The smallest absolute Gasteiger partial charge is 0.292 e. The van der Waals surface area contributed by atoms with Crippen LogP contribution in [0.15, 0.2) is 4.52 Å². The summed E-state index contributed by atoms with van der Waals surface area (Å²) in [7, 11) is 0. The monoisotopic (exact) mass is 226 g/mol. The Morgan fingerprint density at radius 2 is 2.56 bits per heavy atom. The molecule has 16 heavy (non-hydrogen) atoms. The van der Waals surface area contributed by atoms with Crippen molar-refractivity contribution in [3.63, 3.8) is 0 Å². The molecule has 88 valence electrons. The number of hydrogen-bond donors (Lipinski definition) is 2. The van der Waals surface area contributed by atoms with Crippen LogP contribution in [0.25, 0.3) is 0 Å². The first-order chi connectivity index (χ1) is 7.81. The number of nitrogens with one attached hydrogen (secondary N) is 2. The molecule has 1 aromatic heterocycles. The van der Waals surface area contributed by atoms with Gasteiger partial charge in [0.05, 0.1) is 6.61 Å². The number of hydrogen-bond acceptors (Lipinski definition) is 6. The Balaban J connectivity index is 2.03. The van der Waals surface area contributed by atoms with Crippen LogP contribution in [0.4, 0.5) is 0 Å². The number of aromatic nitrogens is 2. The summed E-state index contributed by atoms with van der Waals surface area (Å²) < 4.78 is 10.4. The topological polar surface area (TPSA) is 89.3 Å². The van der Waals surface area contributed by atoms with Crippen LogP contribution in [0, 0.1) is 0 Å².